The van der Waals surface area contributed by atoms with Crippen LogP contribution in [0.1, 0.15) is 34.5 Å². The lowest BCUT2D eigenvalue weighted by Gasteiger charge is -2.04. The largest absolute Gasteiger partial charge is 0.451 e. The van der Waals surface area contributed by atoms with Gasteiger partial charge in [-0.25, -0.2) is 4.98 Å². The number of carbonyl (C=O) groups is 1. The molecule has 0 atom stereocenters. The highest BCUT2D eigenvalue weighted by Crippen LogP contribution is 2.25. The van der Waals surface area contributed by atoms with Gasteiger partial charge in [-0.3, -0.25) is 4.79 Å². The van der Waals surface area contributed by atoms with Crippen molar-refractivity contribution in [3.8, 4) is 11.3 Å². The number of hydrogen-bond donors (Lipinski definition) is 1. The molecule has 6 heteroatoms. The number of furan rings is 1. The Balaban J connectivity index is 1.24. The maximum atomic E-state index is 12.6. The van der Waals surface area contributed by atoms with Gasteiger partial charge < -0.3 is 14.2 Å². The number of carbonyl (C=O) groups excluding carboxylic acids is 1. The molecule has 0 spiro atoms. The Morgan fingerprint density at radius 3 is 2.42 bits per heavy atom. The van der Waals surface area contributed by atoms with Gasteiger partial charge in [0.2, 0.25) is 0 Å². The van der Waals surface area contributed by atoms with Crippen molar-refractivity contribution < 1.29 is 13.6 Å². The topological polar surface area (TPSA) is 68.3 Å². The Bertz CT molecular complexity index is 1420. The van der Waals surface area contributed by atoms with Crippen molar-refractivity contribution in [3.05, 3.63) is 107 Å². The lowest BCUT2D eigenvalue weighted by atomic mass is 10.1. The fourth-order valence-electron chi connectivity index (χ4n) is 3.62. The van der Waals surface area contributed by atoms with Crippen LogP contribution in [-0.2, 0) is 12.8 Å². The van der Waals surface area contributed by atoms with E-state index in [2.05, 4.69) is 29.4 Å². The first kappa shape index (κ1) is 21.0. The summed E-state index contributed by atoms with van der Waals surface area (Å²) in [6.45, 7) is 2.12. The monoisotopic (exact) mass is 456 g/mol. The van der Waals surface area contributed by atoms with Crippen LogP contribution in [0.3, 0.4) is 0 Å². The molecule has 0 radical (unpaired) electrons. The second-order valence-electron chi connectivity index (χ2n) is 7.76. The first-order chi connectivity index (χ1) is 16.1. The highest BCUT2D eigenvalue weighted by molar-refractivity contribution is 6.30. The number of hydrogen-bond acceptors (Lipinski definition) is 4. The third kappa shape index (κ3) is 4.69. The van der Waals surface area contributed by atoms with Gasteiger partial charge in [-0.15, -0.1) is 0 Å². The zero-order valence-electron chi connectivity index (χ0n) is 18.0. The molecule has 164 valence electrons. The fourth-order valence-corrected chi connectivity index (χ4v) is 3.74. The summed E-state index contributed by atoms with van der Waals surface area (Å²) in [5.74, 6) is 1.20. The van der Waals surface area contributed by atoms with Crippen molar-refractivity contribution in [3.63, 3.8) is 0 Å². The molecular formula is C27H21ClN2O3. The van der Waals surface area contributed by atoms with Crippen molar-refractivity contribution >= 4 is 34.3 Å². The van der Waals surface area contributed by atoms with Gasteiger partial charge in [0.15, 0.2) is 17.2 Å². The number of nitrogens with zero attached hydrogens (tertiary/aromatic N) is 1. The zero-order valence-corrected chi connectivity index (χ0v) is 18.7. The molecule has 1 N–H and O–H groups in total. The molecule has 0 saturated carbocycles. The molecule has 0 aliphatic carbocycles. The molecule has 5 nitrogen and oxygen atoms in total. The molecule has 3 aromatic carbocycles. The average Bonchev–Trinajstić information content (AvgIpc) is 3.47. The zero-order chi connectivity index (χ0) is 22.8. The van der Waals surface area contributed by atoms with E-state index in [-0.39, 0.29) is 11.7 Å². The van der Waals surface area contributed by atoms with Gasteiger partial charge in [-0.1, -0.05) is 36.7 Å². The minimum Gasteiger partial charge on any atom is -0.451 e. The number of aryl methyl sites for hydroxylation is 1. The molecule has 5 rings (SSSR count). The van der Waals surface area contributed by atoms with E-state index in [4.69, 9.17) is 20.4 Å². The number of rotatable bonds is 6. The van der Waals surface area contributed by atoms with Crippen molar-refractivity contribution in [2.75, 3.05) is 5.32 Å². The van der Waals surface area contributed by atoms with Crippen molar-refractivity contribution in [1.82, 2.24) is 4.98 Å². The van der Waals surface area contributed by atoms with Crippen LogP contribution in [0.5, 0.6) is 0 Å². The second kappa shape index (κ2) is 8.96. The van der Waals surface area contributed by atoms with Gasteiger partial charge in [0.1, 0.15) is 11.3 Å². The Morgan fingerprint density at radius 1 is 0.909 bits per heavy atom. The molecule has 1 amide bonds. The molecule has 0 saturated heterocycles. The number of aromatic nitrogens is 1. The smallest absolute Gasteiger partial charge is 0.291 e. The van der Waals surface area contributed by atoms with Gasteiger partial charge >= 0.3 is 0 Å². The molecule has 5 aromatic rings. The molecule has 33 heavy (non-hydrogen) atoms. The highest BCUT2D eigenvalue weighted by atomic mass is 35.5. The maximum absolute atomic E-state index is 12.6. The van der Waals surface area contributed by atoms with E-state index in [1.165, 1.54) is 5.56 Å². The number of amides is 1. The lowest BCUT2D eigenvalue weighted by Crippen LogP contribution is -2.10. The van der Waals surface area contributed by atoms with E-state index in [1.807, 2.05) is 42.5 Å². The van der Waals surface area contributed by atoms with Crippen LogP contribution < -0.4 is 5.32 Å². The summed E-state index contributed by atoms with van der Waals surface area (Å²) in [6, 6.07) is 24.4. The van der Waals surface area contributed by atoms with Crippen LogP contribution in [-0.4, -0.2) is 10.9 Å². The van der Waals surface area contributed by atoms with E-state index in [1.54, 1.807) is 24.3 Å². The molecule has 2 aromatic heterocycles. The number of fused-ring (bicyclic) bond motifs is 1. The van der Waals surface area contributed by atoms with E-state index < -0.39 is 0 Å². The second-order valence-corrected chi connectivity index (χ2v) is 8.20. The van der Waals surface area contributed by atoms with Crippen LogP contribution in [0.15, 0.2) is 87.7 Å². The Labute approximate surface area is 196 Å². The SMILES string of the molecule is CCc1ccc2oc(Cc3ccc(NC(=O)c4ccc(-c5ccc(Cl)cc5)o4)cc3)nc2c1. The molecule has 0 aliphatic rings. The predicted octanol–water partition coefficient (Wildman–Crippen LogP) is 7.15. The molecule has 0 fully saturated rings. The summed E-state index contributed by atoms with van der Waals surface area (Å²) in [6.07, 6.45) is 1.54. The highest BCUT2D eigenvalue weighted by Gasteiger charge is 2.13. The third-order valence-corrected chi connectivity index (χ3v) is 5.68. The lowest BCUT2D eigenvalue weighted by molar-refractivity contribution is 0.0997. The molecule has 2 heterocycles. The molecular weight excluding hydrogens is 436 g/mol. The minimum atomic E-state index is -0.311. The van der Waals surface area contributed by atoms with Gasteiger partial charge in [0.25, 0.3) is 5.91 Å². The third-order valence-electron chi connectivity index (χ3n) is 5.43. The Hall–Kier alpha value is -3.83. The van der Waals surface area contributed by atoms with Crippen molar-refractivity contribution in [2.24, 2.45) is 0 Å². The minimum absolute atomic E-state index is 0.238. The maximum Gasteiger partial charge on any atom is 0.291 e. The van der Waals surface area contributed by atoms with E-state index in [0.717, 1.165) is 28.6 Å². The van der Waals surface area contributed by atoms with Gasteiger partial charge in [0.05, 0.1) is 0 Å². The summed E-state index contributed by atoms with van der Waals surface area (Å²) in [5.41, 5.74) is 5.48. The number of oxazole rings is 1. The normalized spacial score (nSPS) is 11.1. The van der Waals surface area contributed by atoms with E-state index >= 15 is 0 Å². The molecule has 0 bridgehead atoms. The van der Waals surface area contributed by atoms with Crippen molar-refractivity contribution in [2.45, 2.75) is 19.8 Å². The first-order valence-corrected chi connectivity index (χ1v) is 11.1. The summed E-state index contributed by atoms with van der Waals surface area (Å²) in [4.78, 5) is 17.2. The molecule has 0 unspecified atom stereocenters. The summed E-state index contributed by atoms with van der Waals surface area (Å²) >= 11 is 5.93. The fraction of sp³-hybridized carbons (Fsp3) is 0.111. The Kier molecular flexibility index (Phi) is 5.71. The number of benzene rings is 3. The van der Waals surface area contributed by atoms with Crippen LogP contribution in [0, 0.1) is 0 Å². The summed E-state index contributed by atoms with van der Waals surface area (Å²) < 4.78 is 11.6. The van der Waals surface area contributed by atoms with Crippen molar-refractivity contribution in [1.29, 1.82) is 0 Å². The van der Waals surface area contributed by atoms with Gasteiger partial charge in [0, 0.05) is 22.7 Å². The summed E-state index contributed by atoms with van der Waals surface area (Å²) in [5, 5.41) is 3.51. The number of anilines is 1. The first-order valence-electron chi connectivity index (χ1n) is 10.7. The summed E-state index contributed by atoms with van der Waals surface area (Å²) in [7, 11) is 0. The standard InChI is InChI=1S/C27H21ClN2O3/c1-2-17-5-12-24-22(15-17)30-26(33-24)16-18-3-10-21(11-4-18)29-27(31)25-14-13-23(32-25)19-6-8-20(28)9-7-19/h3-15H,2,16H2,1H3,(H,29,31). The quantitative estimate of drug-likeness (QED) is 0.294. The predicted molar refractivity (Wildman–Crippen MR) is 130 cm³/mol. The average molecular weight is 457 g/mol. The number of halogens is 1. The number of nitrogens with one attached hydrogen (secondary N) is 1. The van der Waals surface area contributed by atoms with Crippen LogP contribution in [0.4, 0.5) is 5.69 Å². The molecule has 0 aliphatic heterocycles. The van der Waals surface area contributed by atoms with Gasteiger partial charge in [-0.2, -0.15) is 0 Å². The Morgan fingerprint density at radius 2 is 1.67 bits per heavy atom. The van der Waals surface area contributed by atoms with Crippen LogP contribution >= 0.6 is 11.6 Å². The van der Waals surface area contributed by atoms with E-state index in [9.17, 15) is 4.79 Å². The van der Waals surface area contributed by atoms with Gasteiger partial charge in [-0.05, 0) is 78.2 Å². The van der Waals surface area contributed by atoms with Crippen LogP contribution in [0.2, 0.25) is 5.02 Å². The van der Waals surface area contributed by atoms with Crippen LogP contribution in [0.25, 0.3) is 22.4 Å². The van der Waals surface area contributed by atoms with E-state index in [0.29, 0.717) is 28.8 Å².